The molecule has 1 heterocycles. The van der Waals surface area contributed by atoms with Crippen molar-refractivity contribution in [3.05, 3.63) is 34.9 Å². The van der Waals surface area contributed by atoms with E-state index in [1.54, 1.807) is 0 Å². The van der Waals surface area contributed by atoms with Crippen LogP contribution in [0, 0.1) is 5.92 Å². The van der Waals surface area contributed by atoms with E-state index in [1.165, 1.54) is 29.9 Å². The summed E-state index contributed by atoms with van der Waals surface area (Å²) < 4.78 is 0. The van der Waals surface area contributed by atoms with Gasteiger partial charge in [0.1, 0.15) is 0 Å². The Morgan fingerprint density at radius 3 is 2.94 bits per heavy atom. The van der Waals surface area contributed by atoms with Crippen molar-refractivity contribution in [3.8, 4) is 0 Å². The molecule has 0 radical (unpaired) electrons. The number of benzene rings is 1. The molecule has 1 aliphatic heterocycles. The van der Waals surface area contributed by atoms with Crippen LogP contribution in [-0.2, 0) is 0 Å². The maximum Gasteiger partial charge on any atom is 0.0441 e. The van der Waals surface area contributed by atoms with Gasteiger partial charge in [-0.2, -0.15) is 11.8 Å². The van der Waals surface area contributed by atoms with E-state index in [1.807, 2.05) is 19.2 Å². The first kappa shape index (κ1) is 13.3. The maximum atomic E-state index is 6.34. The summed E-state index contributed by atoms with van der Waals surface area (Å²) in [6, 6.07) is 8.30. The van der Waals surface area contributed by atoms with E-state index in [9.17, 15) is 0 Å². The van der Waals surface area contributed by atoms with Crippen LogP contribution in [0.1, 0.15) is 24.3 Å². The van der Waals surface area contributed by atoms with Crippen molar-refractivity contribution in [3.63, 3.8) is 0 Å². The Hall–Kier alpha value is -0.180. The molecular weight excluding hydrogens is 250 g/mol. The lowest BCUT2D eigenvalue weighted by atomic mass is 9.84. The fourth-order valence-electron chi connectivity index (χ4n) is 2.61. The molecule has 3 heteroatoms. The summed E-state index contributed by atoms with van der Waals surface area (Å²) in [7, 11) is 2.03. The maximum absolute atomic E-state index is 6.34. The highest BCUT2D eigenvalue weighted by Crippen LogP contribution is 2.37. The first-order valence-corrected chi connectivity index (χ1v) is 7.83. The van der Waals surface area contributed by atoms with Crippen LogP contribution in [-0.4, -0.2) is 25.1 Å². The van der Waals surface area contributed by atoms with Crippen molar-refractivity contribution in [1.29, 1.82) is 0 Å². The van der Waals surface area contributed by atoms with Crippen LogP contribution in [0.5, 0.6) is 0 Å². The highest BCUT2D eigenvalue weighted by molar-refractivity contribution is 7.99. The van der Waals surface area contributed by atoms with Gasteiger partial charge in [0.2, 0.25) is 0 Å². The summed E-state index contributed by atoms with van der Waals surface area (Å²) in [5.41, 5.74) is 1.32. The number of likely N-dealkylation sites (N-methyl/N-ethyl adjacent to an activating group) is 1. The minimum Gasteiger partial charge on any atom is -0.319 e. The van der Waals surface area contributed by atoms with E-state index in [4.69, 9.17) is 11.6 Å². The molecule has 0 saturated carbocycles. The van der Waals surface area contributed by atoms with Gasteiger partial charge in [0.15, 0.2) is 0 Å². The number of hydrogen-bond donors (Lipinski definition) is 1. The van der Waals surface area contributed by atoms with E-state index in [0.717, 1.165) is 17.5 Å². The van der Waals surface area contributed by atoms with Crippen LogP contribution in [0.15, 0.2) is 24.3 Å². The van der Waals surface area contributed by atoms with Crippen molar-refractivity contribution in [2.45, 2.75) is 18.8 Å². The molecule has 0 aromatic heterocycles. The Morgan fingerprint density at radius 1 is 1.47 bits per heavy atom. The van der Waals surface area contributed by atoms with Crippen molar-refractivity contribution in [2.24, 2.45) is 5.92 Å². The number of thioether (sulfide) groups is 1. The highest BCUT2D eigenvalue weighted by Gasteiger charge is 2.26. The van der Waals surface area contributed by atoms with E-state index in [2.05, 4.69) is 29.2 Å². The van der Waals surface area contributed by atoms with Gasteiger partial charge in [0.25, 0.3) is 0 Å². The quantitative estimate of drug-likeness (QED) is 0.893. The first-order chi connectivity index (χ1) is 8.33. The van der Waals surface area contributed by atoms with Crippen LogP contribution in [0.4, 0.5) is 0 Å². The number of nitrogens with one attached hydrogen (secondary N) is 1. The molecule has 0 aliphatic carbocycles. The molecule has 0 amide bonds. The lowest BCUT2D eigenvalue weighted by molar-refractivity contribution is 0.413. The van der Waals surface area contributed by atoms with Gasteiger partial charge in [-0.15, -0.1) is 0 Å². The summed E-state index contributed by atoms with van der Waals surface area (Å²) in [5.74, 6) is 3.92. The van der Waals surface area contributed by atoms with E-state index < -0.39 is 0 Å². The number of hydrogen-bond acceptors (Lipinski definition) is 2. The number of rotatable bonds is 4. The molecule has 1 nitrogen and oxygen atoms in total. The normalized spacial score (nSPS) is 22.4. The van der Waals surface area contributed by atoms with Gasteiger partial charge < -0.3 is 5.32 Å². The second-order valence-electron chi connectivity index (χ2n) is 4.66. The lowest BCUT2D eigenvalue weighted by Crippen LogP contribution is -2.27. The smallest absolute Gasteiger partial charge is 0.0441 e. The van der Waals surface area contributed by atoms with Crippen LogP contribution in [0.25, 0.3) is 0 Å². The topological polar surface area (TPSA) is 12.0 Å². The van der Waals surface area contributed by atoms with Gasteiger partial charge >= 0.3 is 0 Å². The summed E-state index contributed by atoms with van der Waals surface area (Å²) >= 11 is 8.43. The first-order valence-electron chi connectivity index (χ1n) is 6.29. The summed E-state index contributed by atoms with van der Waals surface area (Å²) in [6.45, 7) is 1.02. The van der Waals surface area contributed by atoms with Gasteiger partial charge in [-0.05, 0) is 48.9 Å². The Morgan fingerprint density at radius 2 is 2.29 bits per heavy atom. The standard InChI is InChI=1S/C14H20ClNS/c1-16-9-13(11-5-4-8-17-10-11)12-6-2-3-7-14(12)15/h2-3,6-7,11,13,16H,4-5,8-10H2,1H3. The summed E-state index contributed by atoms with van der Waals surface area (Å²) in [6.07, 6.45) is 2.69. The second kappa shape index (κ2) is 6.67. The third-order valence-electron chi connectivity index (χ3n) is 3.49. The molecule has 17 heavy (non-hydrogen) atoms. The molecule has 1 aromatic rings. The minimum absolute atomic E-state index is 0.557. The minimum atomic E-state index is 0.557. The monoisotopic (exact) mass is 269 g/mol. The van der Waals surface area contributed by atoms with Crippen LogP contribution in [0.3, 0.4) is 0 Å². The molecule has 2 unspecified atom stereocenters. The van der Waals surface area contributed by atoms with Gasteiger partial charge in [0.05, 0.1) is 0 Å². The van der Waals surface area contributed by atoms with E-state index in [-0.39, 0.29) is 0 Å². The van der Waals surface area contributed by atoms with Crippen LogP contribution in [0.2, 0.25) is 5.02 Å². The zero-order valence-corrected chi connectivity index (χ0v) is 11.9. The lowest BCUT2D eigenvalue weighted by Gasteiger charge is -2.30. The fraction of sp³-hybridized carbons (Fsp3) is 0.571. The Balaban J connectivity index is 2.18. The Kier molecular flexibility index (Phi) is 5.20. The average Bonchev–Trinajstić information content (AvgIpc) is 2.38. The van der Waals surface area contributed by atoms with Crippen molar-refractivity contribution in [1.82, 2.24) is 5.32 Å². The zero-order valence-electron chi connectivity index (χ0n) is 10.3. The van der Waals surface area contributed by atoms with E-state index in [0.29, 0.717) is 5.92 Å². The zero-order chi connectivity index (χ0) is 12.1. The van der Waals surface area contributed by atoms with Gasteiger partial charge in [-0.25, -0.2) is 0 Å². The molecule has 1 fully saturated rings. The van der Waals surface area contributed by atoms with Crippen molar-refractivity contribution < 1.29 is 0 Å². The van der Waals surface area contributed by atoms with Gasteiger partial charge in [-0.3, -0.25) is 0 Å². The largest absolute Gasteiger partial charge is 0.319 e. The predicted octanol–water partition coefficient (Wildman–Crippen LogP) is 3.79. The predicted molar refractivity (Wildman–Crippen MR) is 78.2 cm³/mol. The molecule has 1 saturated heterocycles. The number of halogens is 1. The Labute approximate surface area is 113 Å². The van der Waals surface area contributed by atoms with Crippen molar-refractivity contribution in [2.75, 3.05) is 25.1 Å². The van der Waals surface area contributed by atoms with Crippen molar-refractivity contribution >= 4 is 23.4 Å². The van der Waals surface area contributed by atoms with Crippen LogP contribution < -0.4 is 5.32 Å². The molecule has 2 rings (SSSR count). The fourth-order valence-corrected chi connectivity index (χ4v) is 4.12. The molecule has 1 aliphatic rings. The second-order valence-corrected chi connectivity index (χ2v) is 6.22. The average molecular weight is 270 g/mol. The molecule has 2 atom stereocenters. The molecule has 0 spiro atoms. The highest BCUT2D eigenvalue weighted by atomic mass is 35.5. The third-order valence-corrected chi connectivity index (χ3v) is 5.08. The molecule has 1 aromatic carbocycles. The summed E-state index contributed by atoms with van der Waals surface area (Å²) in [5, 5.41) is 4.24. The van der Waals surface area contributed by atoms with Gasteiger partial charge in [0, 0.05) is 17.5 Å². The molecule has 0 bridgehead atoms. The van der Waals surface area contributed by atoms with Crippen LogP contribution >= 0.6 is 23.4 Å². The molecule has 1 N–H and O–H groups in total. The SMILES string of the molecule is CNCC(c1ccccc1Cl)C1CCCSC1. The molecule has 94 valence electrons. The third kappa shape index (κ3) is 3.40. The van der Waals surface area contributed by atoms with E-state index >= 15 is 0 Å². The summed E-state index contributed by atoms with van der Waals surface area (Å²) in [4.78, 5) is 0. The molecular formula is C14H20ClNS. The Bertz CT molecular complexity index is 350. The van der Waals surface area contributed by atoms with Gasteiger partial charge in [-0.1, -0.05) is 29.8 Å².